The van der Waals surface area contributed by atoms with Gasteiger partial charge in [0.15, 0.2) is 0 Å². The zero-order chi connectivity index (χ0) is 0. The Kier molecular flexibility index (Phi) is 6690. The van der Waals surface area contributed by atoms with Gasteiger partial charge in [-0.25, -0.2) is 0 Å². The molecular formula is H21CaCl19. The maximum atomic E-state index is 0. The van der Waals surface area contributed by atoms with Crippen molar-refractivity contribution in [2.75, 3.05) is 0 Å². The molecule has 0 amide bonds. The van der Waals surface area contributed by atoms with E-state index >= 15 is 0 Å². The van der Waals surface area contributed by atoms with Gasteiger partial charge >= 0.3 is 37.7 Å². The molecule has 0 radical (unpaired) electrons. The van der Waals surface area contributed by atoms with Crippen LogP contribution in [0, 0.1) is 0 Å². The van der Waals surface area contributed by atoms with Crippen molar-refractivity contribution in [2.24, 2.45) is 0 Å². The molecule has 0 heterocycles. The molecule has 0 saturated heterocycles. The first-order chi connectivity index (χ1) is 0. The molecule has 0 aromatic heterocycles. The van der Waals surface area contributed by atoms with Gasteiger partial charge in [0.1, 0.15) is 0 Å². The average Bonchev–Trinajstić information content (AvgIpc) is 0. The fraction of sp³-hybridized carbons (Fsp3) is 0. The Morgan fingerprint density at radius 1 is 0.100 bits per heavy atom. The van der Waals surface area contributed by atoms with Crippen molar-refractivity contribution in [2.45, 2.75) is 0 Å². The van der Waals surface area contributed by atoms with Crippen LogP contribution in [-0.4, -0.2) is 37.7 Å². The molecule has 0 N–H and O–H groups in total. The average molecular weight is 735 g/mol. The summed E-state index contributed by atoms with van der Waals surface area (Å²) in [5.41, 5.74) is 0. The number of hydrogen-bond donors (Lipinski definition) is 0. The molecule has 0 spiro atoms. The molecule has 0 aromatic rings. The van der Waals surface area contributed by atoms with Crippen LogP contribution in [0.15, 0.2) is 0 Å². The second kappa shape index (κ2) is 345. The van der Waals surface area contributed by atoms with E-state index in [-0.39, 0.29) is 273 Å². The van der Waals surface area contributed by atoms with Crippen molar-refractivity contribution in [3.05, 3.63) is 0 Å². The van der Waals surface area contributed by atoms with E-state index in [9.17, 15) is 0 Å². The van der Waals surface area contributed by atoms with Crippen LogP contribution in [0.3, 0.4) is 0 Å². The van der Waals surface area contributed by atoms with E-state index in [1.807, 2.05) is 0 Å². The fourth-order valence-corrected chi connectivity index (χ4v) is 0. The van der Waals surface area contributed by atoms with E-state index in [1.54, 1.807) is 0 Å². The fourth-order valence-electron chi connectivity index (χ4n) is 0. The van der Waals surface area contributed by atoms with E-state index < -0.39 is 0 Å². The van der Waals surface area contributed by atoms with Gasteiger partial charge in [0, 0.05) is 0 Å². The molecule has 20 heavy (non-hydrogen) atoms. The standard InChI is InChI=1S/Ca.19ClH.2H/h;19*1H;;. The SMILES string of the molecule is Cl.Cl.Cl.Cl.Cl.Cl.Cl.Cl.Cl.Cl.Cl.Cl.Cl.Cl.Cl.Cl.Cl.Cl.Cl.[CaH2]. The third kappa shape index (κ3) is 305. The Labute approximate surface area is 268 Å². The molecule has 0 nitrogen and oxygen atoms in total. The predicted molar refractivity (Wildman–Crippen MR) is 146 cm³/mol. The second-order valence-electron chi connectivity index (χ2n) is 0. The Morgan fingerprint density at radius 3 is 0.100 bits per heavy atom. The summed E-state index contributed by atoms with van der Waals surface area (Å²) in [5, 5.41) is 0. The monoisotopic (exact) mass is 726 g/mol. The minimum absolute atomic E-state index is 0. The maximum absolute atomic E-state index is 0. The molecule has 0 unspecified atom stereocenters. The zero-order valence-corrected chi connectivity index (χ0v) is 23.3. The van der Waals surface area contributed by atoms with Crippen molar-refractivity contribution in [3.63, 3.8) is 0 Å². The first kappa shape index (κ1) is 388. The van der Waals surface area contributed by atoms with Gasteiger partial charge in [-0.2, -0.15) is 0 Å². The summed E-state index contributed by atoms with van der Waals surface area (Å²) in [6.07, 6.45) is 0. The summed E-state index contributed by atoms with van der Waals surface area (Å²) >= 11 is 0. The van der Waals surface area contributed by atoms with Crippen LogP contribution in [0.2, 0.25) is 0 Å². The van der Waals surface area contributed by atoms with Crippen molar-refractivity contribution >= 4 is 273 Å². The Bertz CT molecular complexity index is 5.73. The van der Waals surface area contributed by atoms with E-state index in [0.29, 0.717) is 0 Å². The molecule has 0 aromatic carbocycles. The van der Waals surface area contributed by atoms with Crippen molar-refractivity contribution in [1.82, 2.24) is 0 Å². The first-order valence-corrected chi connectivity index (χ1v) is 0. The van der Waals surface area contributed by atoms with Gasteiger partial charge in [0.2, 0.25) is 0 Å². The summed E-state index contributed by atoms with van der Waals surface area (Å²) in [4.78, 5) is 0. The summed E-state index contributed by atoms with van der Waals surface area (Å²) in [6.45, 7) is 0. The molecule has 0 aliphatic carbocycles. The molecule has 0 bridgehead atoms. The Morgan fingerprint density at radius 2 is 0.100 bits per heavy atom. The third-order valence-electron chi connectivity index (χ3n) is 0. The van der Waals surface area contributed by atoms with Crippen LogP contribution in [0.5, 0.6) is 0 Å². The van der Waals surface area contributed by atoms with Gasteiger partial charge in [-0.15, -0.1) is 236 Å². The number of hydrogen-bond acceptors (Lipinski definition) is 0. The molecule has 0 saturated carbocycles. The summed E-state index contributed by atoms with van der Waals surface area (Å²) in [6, 6.07) is 0. The van der Waals surface area contributed by atoms with Crippen LogP contribution in [0.25, 0.3) is 0 Å². The van der Waals surface area contributed by atoms with Crippen LogP contribution in [0.4, 0.5) is 0 Å². The van der Waals surface area contributed by atoms with Gasteiger partial charge in [0.05, 0.1) is 0 Å². The molecule has 0 aliphatic heterocycles. The van der Waals surface area contributed by atoms with Crippen molar-refractivity contribution in [1.29, 1.82) is 0 Å². The Balaban J connectivity index is 0. The molecule has 20 heteroatoms. The minimum atomic E-state index is 0. The van der Waals surface area contributed by atoms with Gasteiger partial charge in [-0.05, 0) is 0 Å². The Hall–Kier alpha value is 6.77. The van der Waals surface area contributed by atoms with Gasteiger partial charge in [0.25, 0.3) is 0 Å². The van der Waals surface area contributed by atoms with Gasteiger partial charge < -0.3 is 0 Å². The molecule has 0 aliphatic rings. The first-order valence-electron chi connectivity index (χ1n) is 0. The molecule has 0 fully saturated rings. The van der Waals surface area contributed by atoms with Gasteiger partial charge in [-0.3, -0.25) is 0 Å². The quantitative estimate of drug-likeness (QED) is 0.233. The van der Waals surface area contributed by atoms with Crippen molar-refractivity contribution in [3.8, 4) is 0 Å². The third-order valence-corrected chi connectivity index (χ3v) is 0. The van der Waals surface area contributed by atoms with E-state index in [1.165, 1.54) is 0 Å². The van der Waals surface area contributed by atoms with E-state index in [2.05, 4.69) is 0 Å². The van der Waals surface area contributed by atoms with Crippen LogP contribution < -0.4 is 0 Å². The second-order valence-corrected chi connectivity index (χ2v) is 0. The summed E-state index contributed by atoms with van der Waals surface area (Å²) in [5.74, 6) is 0. The zero-order valence-electron chi connectivity index (χ0n) is 7.76. The van der Waals surface area contributed by atoms with Crippen LogP contribution in [0.1, 0.15) is 0 Å². The number of rotatable bonds is 0. The van der Waals surface area contributed by atoms with E-state index in [4.69, 9.17) is 0 Å². The molecule has 156 valence electrons. The predicted octanol–water partition coefficient (Wildman–Crippen LogP) is 7.10. The summed E-state index contributed by atoms with van der Waals surface area (Å²) < 4.78 is 0. The topological polar surface area (TPSA) is 0 Å². The van der Waals surface area contributed by atoms with Crippen LogP contribution >= 0.6 is 236 Å². The van der Waals surface area contributed by atoms with Crippen LogP contribution in [-0.2, 0) is 0 Å². The van der Waals surface area contributed by atoms with Crippen molar-refractivity contribution < 1.29 is 0 Å². The molecule has 0 rings (SSSR count). The van der Waals surface area contributed by atoms with E-state index in [0.717, 1.165) is 0 Å². The molecule has 0 atom stereocenters. The summed E-state index contributed by atoms with van der Waals surface area (Å²) in [7, 11) is 0. The normalized spacial score (nSPS) is 0. The number of halogens is 19. The van der Waals surface area contributed by atoms with Gasteiger partial charge in [-0.1, -0.05) is 0 Å². The molecular weight excluding hydrogens is 714 g/mol.